The third-order valence-corrected chi connectivity index (χ3v) is 4.73. The van der Waals surface area contributed by atoms with Crippen LogP contribution >= 0.6 is 0 Å². The average molecular weight is 309 g/mol. The third kappa shape index (κ3) is 2.46. The van der Waals surface area contributed by atoms with E-state index in [0.717, 1.165) is 6.07 Å². The fourth-order valence-corrected chi connectivity index (χ4v) is 3.32. The van der Waals surface area contributed by atoms with Gasteiger partial charge in [-0.1, -0.05) is 19.1 Å². The molecule has 22 heavy (non-hydrogen) atoms. The molecule has 0 spiro atoms. The highest BCUT2D eigenvalue weighted by molar-refractivity contribution is 5.84. The van der Waals surface area contributed by atoms with Crippen molar-refractivity contribution >= 4 is 11.9 Å². The summed E-state index contributed by atoms with van der Waals surface area (Å²) in [6.07, 6.45) is 0.488. The highest BCUT2D eigenvalue weighted by atomic mass is 19.2. The van der Waals surface area contributed by atoms with Crippen LogP contribution in [-0.4, -0.2) is 35.0 Å². The van der Waals surface area contributed by atoms with Crippen molar-refractivity contribution in [1.82, 2.24) is 4.90 Å². The van der Waals surface area contributed by atoms with Gasteiger partial charge in [-0.2, -0.15) is 0 Å². The molecular weight excluding hydrogens is 292 g/mol. The Labute approximate surface area is 126 Å². The van der Waals surface area contributed by atoms with E-state index in [1.807, 2.05) is 6.92 Å². The van der Waals surface area contributed by atoms with Gasteiger partial charge in [0.2, 0.25) is 5.91 Å². The summed E-state index contributed by atoms with van der Waals surface area (Å²) in [6, 6.07) is 3.99. The highest BCUT2D eigenvalue weighted by Gasteiger charge is 2.49. The van der Waals surface area contributed by atoms with Crippen molar-refractivity contribution in [3.05, 3.63) is 35.4 Å². The quantitative estimate of drug-likeness (QED) is 0.931. The number of halogens is 2. The van der Waals surface area contributed by atoms with Crippen molar-refractivity contribution in [3.63, 3.8) is 0 Å². The number of hydrogen-bond acceptors (Lipinski definition) is 2. The van der Waals surface area contributed by atoms with Crippen molar-refractivity contribution in [3.8, 4) is 0 Å². The number of carbonyl (C=O) groups excluding carboxylic acids is 1. The Kier molecular flexibility index (Phi) is 3.62. The maximum Gasteiger partial charge on any atom is 0.308 e. The first-order chi connectivity index (χ1) is 10.4. The number of carboxylic acids is 1. The molecular formula is C16H17F2NO3. The first kappa shape index (κ1) is 14.9. The third-order valence-electron chi connectivity index (χ3n) is 4.73. The zero-order valence-corrected chi connectivity index (χ0v) is 12.1. The van der Waals surface area contributed by atoms with E-state index < -0.39 is 23.5 Å². The molecule has 118 valence electrons. The maximum absolute atomic E-state index is 13.8. The van der Waals surface area contributed by atoms with Gasteiger partial charge >= 0.3 is 5.97 Å². The fourth-order valence-electron chi connectivity index (χ4n) is 3.32. The van der Waals surface area contributed by atoms with Crippen LogP contribution in [0.5, 0.6) is 0 Å². The van der Waals surface area contributed by atoms with Crippen LogP contribution in [0.2, 0.25) is 0 Å². The van der Waals surface area contributed by atoms with Crippen LogP contribution in [-0.2, 0) is 9.59 Å². The Morgan fingerprint density at radius 3 is 2.59 bits per heavy atom. The van der Waals surface area contributed by atoms with Gasteiger partial charge in [0.05, 0.1) is 5.92 Å². The summed E-state index contributed by atoms with van der Waals surface area (Å²) in [6.45, 7) is 2.41. The summed E-state index contributed by atoms with van der Waals surface area (Å²) in [5, 5.41) is 9.11. The molecule has 4 nitrogen and oxygen atoms in total. The Morgan fingerprint density at radius 2 is 1.95 bits per heavy atom. The number of nitrogens with zero attached hydrogens (tertiary/aromatic N) is 1. The van der Waals surface area contributed by atoms with Gasteiger partial charge in [0.25, 0.3) is 0 Å². The van der Waals surface area contributed by atoms with Gasteiger partial charge in [0, 0.05) is 19.0 Å². The van der Waals surface area contributed by atoms with Crippen LogP contribution in [0.4, 0.5) is 8.78 Å². The summed E-state index contributed by atoms with van der Waals surface area (Å²) in [5.41, 5.74) is 0.236. The number of carbonyl (C=O) groups is 2. The van der Waals surface area contributed by atoms with Gasteiger partial charge in [-0.3, -0.25) is 9.59 Å². The predicted octanol–water partition coefficient (Wildman–Crippen LogP) is 2.25. The van der Waals surface area contributed by atoms with E-state index in [4.69, 9.17) is 5.11 Å². The molecule has 6 heteroatoms. The van der Waals surface area contributed by atoms with Crippen LogP contribution in [0, 0.1) is 29.4 Å². The normalized spacial score (nSPS) is 30.4. The number of rotatable bonds is 3. The standard InChI is InChI=1S/C16H17F2NO3/c1-8-6-19(7-12(8)16(21)22)15(20)11-5-10(11)9-3-2-4-13(17)14(9)18/h2-4,8,10-12H,5-7H2,1H3,(H,21,22)/t8-,10?,11?,12-/m1/s1. The zero-order valence-electron chi connectivity index (χ0n) is 12.1. The zero-order chi connectivity index (χ0) is 16.0. The number of hydrogen-bond donors (Lipinski definition) is 1. The van der Waals surface area contributed by atoms with Crippen molar-refractivity contribution in [2.75, 3.05) is 13.1 Å². The van der Waals surface area contributed by atoms with E-state index in [2.05, 4.69) is 0 Å². The summed E-state index contributed by atoms with van der Waals surface area (Å²) in [4.78, 5) is 25.1. The molecule has 2 fully saturated rings. The lowest BCUT2D eigenvalue weighted by Gasteiger charge is -2.16. The molecule has 1 aromatic carbocycles. The highest BCUT2D eigenvalue weighted by Crippen LogP contribution is 2.50. The molecule has 1 saturated heterocycles. The van der Waals surface area contributed by atoms with Gasteiger partial charge in [-0.15, -0.1) is 0 Å². The second-order valence-corrected chi connectivity index (χ2v) is 6.26. The van der Waals surface area contributed by atoms with Crippen LogP contribution < -0.4 is 0 Å². The smallest absolute Gasteiger partial charge is 0.308 e. The molecule has 1 N–H and O–H groups in total. The molecule has 0 bridgehead atoms. The van der Waals surface area contributed by atoms with Gasteiger partial charge < -0.3 is 10.0 Å². The molecule has 1 aliphatic carbocycles. The SMILES string of the molecule is C[C@@H]1CN(C(=O)C2CC2c2cccc(F)c2F)C[C@H]1C(=O)O. The van der Waals surface area contributed by atoms with Gasteiger partial charge in [0.15, 0.2) is 11.6 Å². The van der Waals surface area contributed by atoms with Crippen molar-refractivity contribution in [2.45, 2.75) is 19.3 Å². The van der Waals surface area contributed by atoms with Gasteiger partial charge in [-0.25, -0.2) is 8.78 Å². The molecule has 1 heterocycles. The van der Waals surface area contributed by atoms with Crippen LogP contribution in [0.3, 0.4) is 0 Å². The monoisotopic (exact) mass is 309 g/mol. The van der Waals surface area contributed by atoms with E-state index in [1.165, 1.54) is 12.1 Å². The number of amides is 1. The number of carboxylic acid groups (broad SMARTS) is 1. The van der Waals surface area contributed by atoms with Crippen molar-refractivity contribution in [2.24, 2.45) is 17.8 Å². The van der Waals surface area contributed by atoms with Crippen LogP contribution in [0.1, 0.15) is 24.8 Å². The van der Waals surface area contributed by atoms with Crippen LogP contribution in [0.15, 0.2) is 18.2 Å². The number of likely N-dealkylation sites (tertiary alicyclic amines) is 1. The van der Waals surface area contributed by atoms with E-state index in [1.54, 1.807) is 4.90 Å². The number of benzene rings is 1. The van der Waals surface area contributed by atoms with E-state index in [-0.39, 0.29) is 35.8 Å². The summed E-state index contributed by atoms with van der Waals surface area (Å²) < 4.78 is 27.0. The molecule has 0 radical (unpaired) electrons. The Bertz CT molecular complexity index is 634. The minimum atomic E-state index is -0.906. The fraction of sp³-hybridized carbons (Fsp3) is 0.500. The second kappa shape index (κ2) is 5.34. The second-order valence-electron chi connectivity index (χ2n) is 6.26. The maximum atomic E-state index is 13.8. The first-order valence-corrected chi connectivity index (χ1v) is 7.35. The molecule has 2 unspecified atom stereocenters. The molecule has 1 saturated carbocycles. The number of aliphatic carboxylic acids is 1. The summed E-state index contributed by atoms with van der Waals surface area (Å²) >= 11 is 0. The minimum absolute atomic E-state index is 0.0930. The summed E-state index contributed by atoms with van der Waals surface area (Å²) in [5.74, 6) is -4.15. The topological polar surface area (TPSA) is 57.6 Å². The molecule has 4 atom stereocenters. The molecule has 1 aliphatic heterocycles. The molecule has 1 amide bonds. The predicted molar refractivity (Wildman–Crippen MR) is 74.1 cm³/mol. The lowest BCUT2D eigenvalue weighted by molar-refractivity contribution is -0.142. The summed E-state index contributed by atoms with van der Waals surface area (Å²) in [7, 11) is 0. The lowest BCUT2D eigenvalue weighted by atomic mass is 9.99. The largest absolute Gasteiger partial charge is 0.481 e. The van der Waals surface area contributed by atoms with Gasteiger partial charge in [0.1, 0.15) is 0 Å². The molecule has 0 aromatic heterocycles. The van der Waals surface area contributed by atoms with Crippen molar-refractivity contribution in [1.29, 1.82) is 0 Å². The van der Waals surface area contributed by atoms with E-state index >= 15 is 0 Å². The molecule has 2 aliphatic rings. The van der Waals surface area contributed by atoms with Crippen LogP contribution in [0.25, 0.3) is 0 Å². The van der Waals surface area contributed by atoms with Gasteiger partial charge in [-0.05, 0) is 29.9 Å². The minimum Gasteiger partial charge on any atom is -0.481 e. The van der Waals surface area contributed by atoms with E-state index in [9.17, 15) is 18.4 Å². The Morgan fingerprint density at radius 1 is 1.23 bits per heavy atom. The first-order valence-electron chi connectivity index (χ1n) is 7.35. The molecule has 3 rings (SSSR count). The lowest BCUT2D eigenvalue weighted by Crippen LogP contribution is -2.31. The van der Waals surface area contributed by atoms with Crippen molar-refractivity contribution < 1.29 is 23.5 Å². The Balaban J connectivity index is 1.69. The Hall–Kier alpha value is -1.98. The van der Waals surface area contributed by atoms with E-state index in [0.29, 0.717) is 13.0 Å². The molecule has 1 aromatic rings. The average Bonchev–Trinajstić information content (AvgIpc) is 3.16.